The van der Waals surface area contributed by atoms with Crippen LogP contribution in [0.5, 0.6) is 17.2 Å². The van der Waals surface area contributed by atoms with Crippen molar-refractivity contribution < 1.29 is 36.6 Å². The summed E-state index contributed by atoms with van der Waals surface area (Å²) in [5, 5.41) is 12.4. The highest BCUT2D eigenvalue weighted by Gasteiger charge is 2.26. The molecule has 4 rings (SSSR count). The van der Waals surface area contributed by atoms with Crippen LogP contribution in [0, 0.1) is 11.6 Å². The molecule has 3 N–H and O–H groups in total. The van der Waals surface area contributed by atoms with E-state index in [4.69, 9.17) is 21.1 Å². The Morgan fingerprint density at radius 2 is 1.85 bits per heavy atom. The third-order valence-electron chi connectivity index (χ3n) is 5.00. The summed E-state index contributed by atoms with van der Waals surface area (Å²) < 4.78 is 68.3. The number of phenolic OH excluding ortho intramolecular Hbond substituents is 1. The summed E-state index contributed by atoms with van der Waals surface area (Å²) in [5.41, 5.74) is -0.790. The minimum absolute atomic E-state index is 0.000279. The molecular weight excluding hydrogens is 494 g/mol. The summed E-state index contributed by atoms with van der Waals surface area (Å²) in [5.74, 6) is -3.19. The molecular formula is C22H17ClF2N2O6S. The number of fused-ring (bicyclic) bond motifs is 6. The molecule has 1 aliphatic rings. The van der Waals surface area contributed by atoms with Crippen LogP contribution < -0.4 is 19.5 Å². The Kier molecular flexibility index (Phi) is 6.24. The van der Waals surface area contributed by atoms with E-state index in [1.54, 1.807) is 6.07 Å². The monoisotopic (exact) mass is 510 g/mol. The lowest BCUT2D eigenvalue weighted by Crippen LogP contribution is -2.28. The molecule has 0 atom stereocenters. The second-order valence-corrected chi connectivity index (χ2v) is 9.25. The van der Waals surface area contributed by atoms with E-state index in [-0.39, 0.29) is 35.6 Å². The van der Waals surface area contributed by atoms with Gasteiger partial charge in [0.2, 0.25) is 0 Å². The molecule has 0 fully saturated rings. The van der Waals surface area contributed by atoms with E-state index in [1.165, 1.54) is 19.2 Å². The number of anilines is 1. The molecule has 178 valence electrons. The summed E-state index contributed by atoms with van der Waals surface area (Å²) in [6.07, 6.45) is 0. The molecule has 0 aliphatic carbocycles. The predicted molar refractivity (Wildman–Crippen MR) is 120 cm³/mol. The molecule has 4 bridgehead atoms. The van der Waals surface area contributed by atoms with E-state index >= 15 is 0 Å². The number of methoxy groups -OCH3 is 1. The highest BCUT2D eigenvalue weighted by Crippen LogP contribution is 2.39. The Morgan fingerprint density at radius 1 is 1.09 bits per heavy atom. The average Bonchev–Trinajstić information content (AvgIpc) is 2.79. The fourth-order valence-electron chi connectivity index (χ4n) is 3.34. The smallest absolute Gasteiger partial charge is 0.265 e. The molecule has 8 nitrogen and oxygen atoms in total. The van der Waals surface area contributed by atoms with Crippen LogP contribution >= 0.6 is 11.6 Å². The molecule has 3 aromatic carbocycles. The topological polar surface area (TPSA) is 114 Å². The summed E-state index contributed by atoms with van der Waals surface area (Å²) >= 11 is 5.93. The van der Waals surface area contributed by atoms with E-state index in [1.807, 2.05) is 4.72 Å². The van der Waals surface area contributed by atoms with Gasteiger partial charge in [-0.2, -0.15) is 0 Å². The first-order chi connectivity index (χ1) is 16.1. The minimum atomic E-state index is -4.66. The number of aromatic hydroxyl groups is 1. The van der Waals surface area contributed by atoms with Gasteiger partial charge in [-0.25, -0.2) is 17.2 Å². The number of ether oxygens (including phenoxy) is 2. The molecule has 12 heteroatoms. The number of hydrogen-bond acceptors (Lipinski definition) is 6. The van der Waals surface area contributed by atoms with Crippen LogP contribution in [-0.2, 0) is 10.0 Å². The lowest BCUT2D eigenvalue weighted by Gasteiger charge is -2.16. The fraction of sp³-hybridized carbons (Fsp3) is 0.136. The molecule has 0 saturated heterocycles. The molecule has 1 amide bonds. The number of rotatable bonds is 1. The van der Waals surface area contributed by atoms with Crippen LogP contribution in [0.3, 0.4) is 0 Å². The van der Waals surface area contributed by atoms with Crippen molar-refractivity contribution in [3.8, 4) is 28.4 Å². The number of amides is 1. The van der Waals surface area contributed by atoms with Crippen molar-refractivity contribution in [3.63, 3.8) is 0 Å². The molecule has 0 unspecified atom stereocenters. The van der Waals surface area contributed by atoms with Gasteiger partial charge in [0, 0.05) is 22.8 Å². The van der Waals surface area contributed by atoms with Crippen LogP contribution in [0.1, 0.15) is 10.4 Å². The number of benzene rings is 3. The lowest BCUT2D eigenvalue weighted by atomic mass is 10.0. The van der Waals surface area contributed by atoms with Crippen molar-refractivity contribution >= 4 is 33.2 Å². The van der Waals surface area contributed by atoms with E-state index < -0.39 is 48.9 Å². The Labute approximate surface area is 198 Å². The third-order valence-corrected chi connectivity index (χ3v) is 6.67. The average molecular weight is 511 g/mol. The number of carbonyl (C=O) groups excluding carboxylic acids is 1. The zero-order valence-electron chi connectivity index (χ0n) is 17.5. The molecule has 0 aromatic heterocycles. The largest absolute Gasteiger partial charge is 0.505 e. The second-order valence-electron chi connectivity index (χ2n) is 7.19. The van der Waals surface area contributed by atoms with Gasteiger partial charge >= 0.3 is 0 Å². The molecule has 3 aromatic rings. The minimum Gasteiger partial charge on any atom is -0.505 e. The third kappa shape index (κ3) is 4.44. The first kappa shape index (κ1) is 23.6. The maximum Gasteiger partial charge on any atom is 0.265 e. The van der Waals surface area contributed by atoms with Crippen LogP contribution in [0.2, 0.25) is 5.02 Å². The highest BCUT2D eigenvalue weighted by atomic mass is 35.5. The van der Waals surface area contributed by atoms with Crippen molar-refractivity contribution in [2.45, 2.75) is 4.90 Å². The molecule has 34 heavy (non-hydrogen) atoms. The van der Waals surface area contributed by atoms with Crippen molar-refractivity contribution in [3.05, 3.63) is 64.7 Å². The molecule has 0 saturated carbocycles. The van der Waals surface area contributed by atoms with Gasteiger partial charge in [-0.3, -0.25) is 9.52 Å². The maximum atomic E-state index is 14.8. The maximum absolute atomic E-state index is 14.8. The zero-order chi connectivity index (χ0) is 24.6. The van der Waals surface area contributed by atoms with Gasteiger partial charge in [0.15, 0.2) is 5.75 Å². The number of hydrogen-bond donors (Lipinski definition) is 3. The van der Waals surface area contributed by atoms with E-state index in [9.17, 15) is 27.1 Å². The first-order valence-corrected chi connectivity index (χ1v) is 11.6. The van der Waals surface area contributed by atoms with Crippen molar-refractivity contribution in [2.75, 3.05) is 25.0 Å². The summed E-state index contributed by atoms with van der Waals surface area (Å²) in [6.45, 7) is -0.0315. The van der Waals surface area contributed by atoms with Crippen LogP contribution in [0.4, 0.5) is 14.5 Å². The van der Waals surface area contributed by atoms with Gasteiger partial charge in [-0.15, -0.1) is 0 Å². The normalized spacial score (nSPS) is 15.0. The zero-order valence-corrected chi connectivity index (χ0v) is 19.1. The second kappa shape index (κ2) is 8.99. The van der Waals surface area contributed by atoms with Crippen LogP contribution in [0.15, 0.2) is 47.4 Å². The standard InChI is InChI=1S/C22H17ClF2N2O6S/c1-32-12-2-3-19-14(8-12)13-9-18(17(25)10-16(13)24)27-34(30,31)20-7-11(6-15(23)21(20)28)22(29)26-4-5-33-19/h2-3,6-10,27-28H,4-5H2,1H3,(H,26,29). The SMILES string of the molecule is COc1ccc2c(c1)-c1cc(c(F)cc1F)NS(=O)(=O)c1cc(cc(Cl)c1O)C(=O)NCCO2. The Bertz CT molecular complexity index is 1410. The molecule has 0 spiro atoms. The van der Waals surface area contributed by atoms with Gasteiger partial charge in [0.1, 0.15) is 34.6 Å². The quantitative estimate of drug-likeness (QED) is 0.457. The van der Waals surface area contributed by atoms with Crippen LogP contribution in [-0.4, -0.2) is 39.7 Å². The molecule has 1 heterocycles. The predicted octanol–water partition coefficient (Wildman–Crippen LogP) is 3.92. The highest BCUT2D eigenvalue weighted by molar-refractivity contribution is 7.92. The number of phenols is 1. The number of halogens is 3. The number of carbonyl (C=O) groups is 1. The summed E-state index contributed by atoms with van der Waals surface area (Å²) in [6, 6.07) is 7.95. The van der Waals surface area contributed by atoms with E-state index in [0.717, 1.165) is 18.2 Å². The van der Waals surface area contributed by atoms with Crippen molar-refractivity contribution in [1.29, 1.82) is 0 Å². The van der Waals surface area contributed by atoms with E-state index in [0.29, 0.717) is 11.8 Å². The molecule has 0 radical (unpaired) electrons. The fourth-order valence-corrected chi connectivity index (χ4v) is 4.82. The first-order valence-electron chi connectivity index (χ1n) is 9.74. The van der Waals surface area contributed by atoms with Gasteiger partial charge < -0.3 is 19.9 Å². The molecule has 1 aliphatic heterocycles. The van der Waals surface area contributed by atoms with Crippen molar-refractivity contribution in [1.82, 2.24) is 5.32 Å². The van der Waals surface area contributed by atoms with Crippen LogP contribution in [0.25, 0.3) is 11.1 Å². The number of sulfonamides is 1. The Morgan fingerprint density at radius 3 is 2.59 bits per heavy atom. The number of nitrogens with one attached hydrogen (secondary N) is 2. The Balaban J connectivity index is 1.94. The van der Waals surface area contributed by atoms with Crippen molar-refractivity contribution in [2.24, 2.45) is 0 Å². The lowest BCUT2D eigenvalue weighted by molar-refractivity contribution is 0.0947. The summed E-state index contributed by atoms with van der Waals surface area (Å²) in [4.78, 5) is 11.8. The summed E-state index contributed by atoms with van der Waals surface area (Å²) in [7, 11) is -3.26. The van der Waals surface area contributed by atoms with Gasteiger partial charge in [-0.1, -0.05) is 11.6 Å². The van der Waals surface area contributed by atoms with E-state index in [2.05, 4.69) is 5.32 Å². The Hall–Kier alpha value is -3.57. The van der Waals surface area contributed by atoms with Gasteiger partial charge in [0.05, 0.1) is 24.4 Å². The van der Waals surface area contributed by atoms with Gasteiger partial charge in [0.25, 0.3) is 15.9 Å². The van der Waals surface area contributed by atoms with Gasteiger partial charge in [-0.05, 0) is 36.4 Å².